The number of nitrogens with one attached hydrogen (secondary N) is 1. The average molecular weight is 273 g/mol. The molecular formula is C18H27NO. The van der Waals surface area contributed by atoms with E-state index in [1.807, 2.05) is 0 Å². The number of para-hydroxylation sites is 1. The van der Waals surface area contributed by atoms with Crippen LogP contribution in [-0.2, 0) is 0 Å². The molecule has 0 bridgehead atoms. The first kappa shape index (κ1) is 13.9. The van der Waals surface area contributed by atoms with E-state index >= 15 is 0 Å². The fraction of sp³-hybridized carbons (Fsp3) is 0.667. The molecule has 1 aliphatic heterocycles. The summed E-state index contributed by atoms with van der Waals surface area (Å²) in [4.78, 5) is 0. The molecule has 1 heterocycles. The Balaban J connectivity index is 1.69. The van der Waals surface area contributed by atoms with E-state index in [1.54, 1.807) is 0 Å². The Hall–Kier alpha value is -1.02. The molecule has 1 aliphatic carbocycles. The van der Waals surface area contributed by atoms with Crippen molar-refractivity contribution in [2.45, 2.75) is 57.4 Å². The van der Waals surface area contributed by atoms with Crippen molar-refractivity contribution in [3.05, 3.63) is 29.8 Å². The summed E-state index contributed by atoms with van der Waals surface area (Å²) >= 11 is 0. The Morgan fingerprint density at radius 2 is 2.00 bits per heavy atom. The molecule has 1 aromatic rings. The zero-order valence-electron chi connectivity index (χ0n) is 12.6. The predicted octanol–water partition coefficient (Wildman–Crippen LogP) is 4.11. The van der Waals surface area contributed by atoms with E-state index in [4.69, 9.17) is 4.74 Å². The first-order valence-electron chi connectivity index (χ1n) is 8.33. The molecule has 0 spiro atoms. The minimum atomic E-state index is 0.607. The molecular weight excluding hydrogens is 246 g/mol. The van der Waals surface area contributed by atoms with E-state index in [-0.39, 0.29) is 0 Å². The van der Waals surface area contributed by atoms with Gasteiger partial charge in [0.25, 0.3) is 0 Å². The normalized spacial score (nSPS) is 29.6. The molecule has 1 N–H and O–H groups in total. The summed E-state index contributed by atoms with van der Waals surface area (Å²) in [6.07, 6.45) is 8.24. The van der Waals surface area contributed by atoms with Crippen molar-refractivity contribution in [1.29, 1.82) is 0 Å². The van der Waals surface area contributed by atoms with Gasteiger partial charge in [0.2, 0.25) is 0 Å². The van der Waals surface area contributed by atoms with E-state index in [0.29, 0.717) is 5.92 Å². The topological polar surface area (TPSA) is 21.3 Å². The van der Waals surface area contributed by atoms with Gasteiger partial charge in [-0.1, -0.05) is 44.4 Å². The minimum Gasteiger partial charge on any atom is -0.493 e. The van der Waals surface area contributed by atoms with E-state index < -0.39 is 0 Å². The first-order chi connectivity index (χ1) is 9.88. The second-order valence-corrected chi connectivity index (χ2v) is 6.34. The molecule has 2 heteroatoms. The molecule has 110 valence electrons. The van der Waals surface area contributed by atoms with Gasteiger partial charge in [-0.05, 0) is 37.8 Å². The third-order valence-electron chi connectivity index (χ3n) is 5.01. The van der Waals surface area contributed by atoms with Gasteiger partial charge in [0.15, 0.2) is 0 Å². The van der Waals surface area contributed by atoms with Gasteiger partial charge in [0, 0.05) is 17.5 Å². The molecule has 20 heavy (non-hydrogen) atoms. The summed E-state index contributed by atoms with van der Waals surface area (Å²) in [5, 5.41) is 3.73. The summed E-state index contributed by atoms with van der Waals surface area (Å²) in [5.41, 5.74) is 1.44. The lowest BCUT2D eigenvalue weighted by Gasteiger charge is -2.28. The van der Waals surface area contributed by atoms with Crippen LogP contribution < -0.4 is 10.1 Å². The van der Waals surface area contributed by atoms with Crippen LogP contribution in [0.25, 0.3) is 0 Å². The van der Waals surface area contributed by atoms with Crippen LogP contribution in [0.3, 0.4) is 0 Å². The van der Waals surface area contributed by atoms with Crippen LogP contribution in [0, 0.1) is 5.92 Å². The van der Waals surface area contributed by atoms with E-state index in [1.165, 1.54) is 44.1 Å². The highest BCUT2D eigenvalue weighted by Crippen LogP contribution is 2.40. The number of fused-ring (bicyclic) bond motifs is 1. The number of benzene rings is 1. The highest BCUT2D eigenvalue weighted by atomic mass is 16.5. The van der Waals surface area contributed by atoms with Crippen LogP contribution in [-0.4, -0.2) is 19.2 Å². The van der Waals surface area contributed by atoms with Crippen LogP contribution in [0.2, 0.25) is 0 Å². The molecule has 2 nitrogen and oxygen atoms in total. The summed E-state index contributed by atoms with van der Waals surface area (Å²) in [6, 6.07) is 9.31. The highest BCUT2D eigenvalue weighted by Gasteiger charge is 2.30. The molecule has 0 aromatic heterocycles. The van der Waals surface area contributed by atoms with Gasteiger partial charge < -0.3 is 10.1 Å². The molecule has 1 saturated carbocycles. The average Bonchev–Trinajstić information content (AvgIpc) is 2.75. The molecule has 0 saturated heterocycles. The maximum absolute atomic E-state index is 5.86. The van der Waals surface area contributed by atoms with Gasteiger partial charge in [0.05, 0.1) is 6.61 Å². The highest BCUT2D eigenvalue weighted by molar-refractivity contribution is 5.39. The second-order valence-electron chi connectivity index (χ2n) is 6.34. The van der Waals surface area contributed by atoms with Crippen LogP contribution in [0.1, 0.15) is 56.9 Å². The van der Waals surface area contributed by atoms with Gasteiger partial charge in [-0.2, -0.15) is 0 Å². The van der Waals surface area contributed by atoms with Gasteiger partial charge in [-0.3, -0.25) is 0 Å². The molecule has 3 rings (SSSR count). The van der Waals surface area contributed by atoms with Crippen molar-refractivity contribution in [2.75, 3.05) is 13.2 Å². The fourth-order valence-corrected chi connectivity index (χ4v) is 3.99. The van der Waals surface area contributed by atoms with Crippen LogP contribution in [0.5, 0.6) is 5.75 Å². The molecule has 3 atom stereocenters. The molecule has 0 radical (unpaired) electrons. The smallest absolute Gasteiger partial charge is 0.122 e. The van der Waals surface area contributed by atoms with E-state index in [9.17, 15) is 0 Å². The first-order valence-corrected chi connectivity index (χ1v) is 8.33. The molecule has 0 amide bonds. The number of hydrogen-bond acceptors (Lipinski definition) is 2. The van der Waals surface area contributed by atoms with Gasteiger partial charge in [-0.25, -0.2) is 0 Å². The van der Waals surface area contributed by atoms with Crippen molar-refractivity contribution in [3.63, 3.8) is 0 Å². The predicted molar refractivity (Wildman–Crippen MR) is 83.3 cm³/mol. The summed E-state index contributed by atoms with van der Waals surface area (Å²) in [7, 11) is 0. The van der Waals surface area contributed by atoms with Crippen LogP contribution in [0.4, 0.5) is 0 Å². The Kier molecular flexibility index (Phi) is 4.62. The zero-order chi connectivity index (χ0) is 13.8. The third kappa shape index (κ3) is 3.01. The molecule has 1 fully saturated rings. The SMILES string of the molecule is CCNC1CCCCCC1CC1COc2ccccc21. The Morgan fingerprint density at radius 1 is 1.15 bits per heavy atom. The van der Waals surface area contributed by atoms with Crippen molar-refractivity contribution < 1.29 is 4.74 Å². The largest absolute Gasteiger partial charge is 0.493 e. The Bertz CT molecular complexity index is 431. The van der Waals surface area contributed by atoms with Gasteiger partial charge >= 0.3 is 0 Å². The van der Waals surface area contributed by atoms with Gasteiger partial charge in [0.1, 0.15) is 5.75 Å². The van der Waals surface area contributed by atoms with Crippen LogP contribution in [0.15, 0.2) is 24.3 Å². The summed E-state index contributed by atoms with van der Waals surface area (Å²) < 4.78 is 5.86. The quantitative estimate of drug-likeness (QED) is 0.834. The zero-order valence-corrected chi connectivity index (χ0v) is 12.6. The minimum absolute atomic E-state index is 0.607. The van der Waals surface area contributed by atoms with Crippen molar-refractivity contribution >= 4 is 0 Å². The van der Waals surface area contributed by atoms with Crippen molar-refractivity contribution in [3.8, 4) is 5.75 Å². The van der Waals surface area contributed by atoms with Crippen molar-refractivity contribution in [2.24, 2.45) is 5.92 Å². The lowest BCUT2D eigenvalue weighted by molar-refractivity contribution is 0.266. The lowest BCUT2D eigenvalue weighted by atomic mass is 9.83. The summed E-state index contributed by atoms with van der Waals surface area (Å²) in [6.45, 7) is 4.21. The molecule has 3 unspecified atom stereocenters. The lowest BCUT2D eigenvalue weighted by Crippen LogP contribution is -2.36. The fourth-order valence-electron chi connectivity index (χ4n) is 3.99. The second kappa shape index (κ2) is 6.62. The standard InChI is InChI=1S/C18H27NO/c1-2-19-17-10-5-3-4-8-14(17)12-15-13-20-18-11-7-6-9-16(15)18/h6-7,9,11,14-15,17,19H,2-5,8,10,12-13H2,1H3. The van der Waals surface area contributed by atoms with Crippen LogP contribution >= 0.6 is 0 Å². The van der Waals surface area contributed by atoms with Crippen molar-refractivity contribution in [1.82, 2.24) is 5.32 Å². The maximum Gasteiger partial charge on any atom is 0.122 e. The van der Waals surface area contributed by atoms with Gasteiger partial charge in [-0.15, -0.1) is 0 Å². The van der Waals surface area contributed by atoms with E-state index in [2.05, 4.69) is 36.5 Å². The number of rotatable bonds is 4. The monoisotopic (exact) mass is 273 g/mol. The Morgan fingerprint density at radius 3 is 2.90 bits per heavy atom. The number of ether oxygens (including phenoxy) is 1. The Labute approximate surface area is 122 Å². The molecule has 2 aliphatic rings. The number of hydrogen-bond donors (Lipinski definition) is 1. The maximum atomic E-state index is 5.86. The summed E-state index contributed by atoms with van der Waals surface area (Å²) in [5.74, 6) is 2.54. The van der Waals surface area contributed by atoms with E-state index in [0.717, 1.165) is 30.9 Å². The third-order valence-corrected chi connectivity index (χ3v) is 5.01. The molecule has 1 aromatic carbocycles.